The van der Waals surface area contributed by atoms with Gasteiger partial charge in [-0.05, 0) is 73.0 Å². The number of hydrogen-bond acceptors (Lipinski definition) is 3. The molecule has 0 amide bonds. The molecule has 5 aromatic carbocycles. The molecule has 0 unspecified atom stereocenters. The summed E-state index contributed by atoms with van der Waals surface area (Å²) in [6, 6.07) is 37.7. The monoisotopic (exact) mass is 482 g/mol. The first kappa shape index (κ1) is 24.0. The summed E-state index contributed by atoms with van der Waals surface area (Å²) in [6.07, 6.45) is 0. The molecule has 0 aliphatic heterocycles. The standard InChI is InChI=1S/C34H26O3/c1-23-8-11-26(12-9-23)33(35)27-16-14-25(15-17-27)29-13-10-24(2)32(22-29)34(36)28-18-20-31(21-19-28)37-30-6-4-3-5-7-30/h3-22H,1-2H3. The van der Waals surface area contributed by atoms with Gasteiger partial charge in [-0.2, -0.15) is 0 Å². The molecular formula is C34H26O3. The van der Waals surface area contributed by atoms with Crippen LogP contribution >= 0.6 is 0 Å². The van der Waals surface area contributed by atoms with Gasteiger partial charge in [0.05, 0.1) is 0 Å². The average Bonchev–Trinajstić information content (AvgIpc) is 2.94. The highest BCUT2D eigenvalue weighted by Crippen LogP contribution is 2.27. The van der Waals surface area contributed by atoms with Gasteiger partial charge in [-0.3, -0.25) is 9.59 Å². The van der Waals surface area contributed by atoms with E-state index in [0.29, 0.717) is 28.0 Å². The second kappa shape index (κ2) is 10.5. The molecule has 0 saturated heterocycles. The molecule has 0 aliphatic carbocycles. The zero-order valence-corrected chi connectivity index (χ0v) is 20.8. The van der Waals surface area contributed by atoms with Gasteiger partial charge in [-0.1, -0.05) is 84.4 Å². The van der Waals surface area contributed by atoms with Crippen molar-refractivity contribution in [3.05, 3.63) is 155 Å². The van der Waals surface area contributed by atoms with Gasteiger partial charge in [-0.15, -0.1) is 0 Å². The summed E-state index contributed by atoms with van der Waals surface area (Å²) in [5, 5.41) is 0. The van der Waals surface area contributed by atoms with Crippen molar-refractivity contribution in [2.24, 2.45) is 0 Å². The van der Waals surface area contributed by atoms with Crippen LogP contribution < -0.4 is 4.74 Å². The van der Waals surface area contributed by atoms with Crippen LogP contribution in [-0.2, 0) is 0 Å². The molecule has 0 spiro atoms. The van der Waals surface area contributed by atoms with Gasteiger partial charge in [0, 0.05) is 22.3 Å². The van der Waals surface area contributed by atoms with E-state index in [0.717, 1.165) is 28.0 Å². The smallest absolute Gasteiger partial charge is 0.193 e. The predicted octanol–water partition coefficient (Wildman–Crippen LogP) is 8.22. The maximum Gasteiger partial charge on any atom is 0.193 e. The fourth-order valence-electron chi connectivity index (χ4n) is 4.19. The number of aryl methyl sites for hydroxylation is 2. The molecular weight excluding hydrogens is 456 g/mol. The largest absolute Gasteiger partial charge is 0.457 e. The Morgan fingerprint density at radius 2 is 1.03 bits per heavy atom. The van der Waals surface area contributed by atoms with Gasteiger partial charge in [-0.25, -0.2) is 0 Å². The Hall–Kier alpha value is -4.76. The summed E-state index contributed by atoms with van der Waals surface area (Å²) in [4.78, 5) is 26.2. The van der Waals surface area contributed by atoms with Gasteiger partial charge >= 0.3 is 0 Å². The van der Waals surface area contributed by atoms with Crippen molar-refractivity contribution < 1.29 is 14.3 Å². The fraction of sp³-hybridized carbons (Fsp3) is 0.0588. The first-order valence-corrected chi connectivity index (χ1v) is 12.2. The van der Waals surface area contributed by atoms with Crippen LogP contribution in [0.25, 0.3) is 11.1 Å². The maximum atomic E-state index is 13.4. The lowest BCUT2D eigenvalue weighted by Gasteiger charge is -2.10. The van der Waals surface area contributed by atoms with Crippen molar-refractivity contribution in [2.45, 2.75) is 13.8 Å². The minimum atomic E-state index is -0.0446. The molecule has 180 valence electrons. The lowest BCUT2D eigenvalue weighted by atomic mass is 9.93. The Labute approximate surface area is 217 Å². The number of ether oxygens (including phenoxy) is 1. The highest BCUT2D eigenvalue weighted by Gasteiger charge is 2.14. The molecule has 0 aromatic heterocycles. The maximum absolute atomic E-state index is 13.4. The zero-order chi connectivity index (χ0) is 25.8. The highest BCUT2D eigenvalue weighted by molar-refractivity contribution is 6.11. The van der Waals surface area contributed by atoms with Crippen LogP contribution in [0, 0.1) is 13.8 Å². The zero-order valence-electron chi connectivity index (χ0n) is 20.8. The second-order valence-corrected chi connectivity index (χ2v) is 9.07. The molecule has 3 heteroatoms. The molecule has 0 aliphatic rings. The summed E-state index contributed by atoms with van der Waals surface area (Å²) < 4.78 is 5.84. The van der Waals surface area contributed by atoms with E-state index in [1.165, 1.54) is 0 Å². The predicted molar refractivity (Wildman–Crippen MR) is 148 cm³/mol. The normalized spacial score (nSPS) is 10.6. The minimum absolute atomic E-state index is 0.00832. The quantitative estimate of drug-likeness (QED) is 0.219. The number of carbonyl (C=O) groups is 2. The Balaban J connectivity index is 1.35. The third kappa shape index (κ3) is 5.41. The number of para-hydroxylation sites is 1. The van der Waals surface area contributed by atoms with Crippen molar-refractivity contribution >= 4 is 11.6 Å². The van der Waals surface area contributed by atoms with E-state index >= 15 is 0 Å². The minimum Gasteiger partial charge on any atom is -0.457 e. The van der Waals surface area contributed by atoms with E-state index in [-0.39, 0.29) is 11.6 Å². The molecule has 37 heavy (non-hydrogen) atoms. The van der Waals surface area contributed by atoms with Crippen molar-refractivity contribution in [3.8, 4) is 22.6 Å². The summed E-state index contributed by atoms with van der Waals surface area (Å²) in [7, 11) is 0. The molecule has 3 nitrogen and oxygen atoms in total. The van der Waals surface area contributed by atoms with Crippen molar-refractivity contribution in [2.75, 3.05) is 0 Å². The average molecular weight is 483 g/mol. The van der Waals surface area contributed by atoms with E-state index < -0.39 is 0 Å². The molecule has 0 radical (unpaired) electrons. The number of hydrogen-bond donors (Lipinski definition) is 0. The number of carbonyl (C=O) groups excluding carboxylic acids is 2. The third-order valence-corrected chi connectivity index (χ3v) is 6.37. The van der Waals surface area contributed by atoms with E-state index in [4.69, 9.17) is 4.74 Å². The van der Waals surface area contributed by atoms with Crippen LogP contribution in [0.1, 0.15) is 43.0 Å². The first-order valence-electron chi connectivity index (χ1n) is 12.2. The van der Waals surface area contributed by atoms with Crippen LogP contribution in [-0.4, -0.2) is 11.6 Å². The van der Waals surface area contributed by atoms with Crippen LogP contribution in [0.2, 0.25) is 0 Å². The summed E-state index contributed by atoms with van der Waals surface area (Å²) in [5.74, 6) is 1.37. The summed E-state index contributed by atoms with van der Waals surface area (Å²) in [6.45, 7) is 3.94. The number of benzene rings is 5. The van der Waals surface area contributed by atoms with E-state index in [1.54, 1.807) is 12.1 Å². The van der Waals surface area contributed by atoms with Crippen molar-refractivity contribution in [1.82, 2.24) is 0 Å². The number of ketones is 2. The van der Waals surface area contributed by atoms with Crippen LogP contribution in [0.3, 0.4) is 0 Å². The van der Waals surface area contributed by atoms with Gasteiger partial charge in [0.25, 0.3) is 0 Å². The van der Waals surface area contributed by atoms with E-state index in [1.807, 2.05) is 123 Å². The molecule has 0 fully saturated rings. The Morgan fingerprint density at radius 1 is 0.514 bits per heavy atom. The van der Waals surface area contributed by atoms with Crippen molar-refractivity contribution in [3.63, 3.8) is 0 Å². The third-order valence-electron chi connectivity index (χ3n) is 6.37. The van der Waals surface area contributed by atoms with Gasteiger partial charge in [0.15, 0.2) is 11.6 Å². The first-order chi connectivity index (χ1) is 18.0. The van der Waals surface area contributed by atoms with Gasteiger partial charge < -0.3 is 4.74 Å². The molecule has 5 aromatic rings. The lowest BCUT2D eigenvalue weighted by Crippen LogP contribution is -2.04. The van der Waals surface area contributed by atoms with Crippen LogP contribution in [0.4, 0.5) is 0 Å². The van der Waals surface area contributed by atoms with Gasteiger partial charge in [0.2, 0.25) is 0 Å². The Morgan fingerprint density at radius 3 is 1.68 bits per heavy atom. The SMILES string of the molecule is Cc1ccc(C(=O)c2ccc(-c3ccc(C)c(C(=O)c4ccc(Oc5ccccc5)cc4)c3)cc2)cc1. The second-order valence-electron chi connectivity index (χ2n) is 9.07. The van der Waals surface area contributed by atoms with E-state index in [2.05, 4.69) is 0 Å². The fourth-order valence-corrected chi connectivity index (χ4v) is 4.19. The topological polar surface area (TPSA) is 43.4 Å². The van der Waals surface area contributed by atoms with Crippen molar-refractivity contribution in [1.29, 1.82) is 0 Å². The molecule has 0 atom stereocenters. The van der Waals surface area contributed by atoms with Gasteiger partial charge in [0.1, 0.15) is 11.5 Å². The molecule has 0 bridgehead atoms. The van der Waals surface area contributed by atoms with Crippen LogP contribution in [0.5, 0.6) is 11.5 Å². The summed E-state index contributed by atoms with van der Waals surface area (Å²) in [5.41, 5.74) is 6.44. The summed E-state index contributed by atoms with van der Waals surface area (Å²) >= 11 is 0. The van der Waals surface area contributed by atoms with E-state index in [9.17, 15) is 9.59 Å². The van der Waals surface area contributed by atoms with Crippen LogP contribution in [0.15, 0.2) is 121 Å². The highest BCUT2D eigenvalue weighted by atomic mass is 16.5. The Kier molecular flexibility index (Phi) is 6.78. The molecule has 5 rings (SSSR count). The molecule has 0 saturated carbocycles. The molecule has 0 heterocycles. The molecule has 0 N–H and O–H groups in total. The lowest BCUT2D eigenvalue weighted by molar-refractivity contribution is 0.103. The number of rotatable bonds is 7. The Bertz CT molecular complexity index is 1550.